The predicted molar refractivity (Wildman–Crippen MR) is 111 cm³/mol. The first-order valence-corrected chi connectivity index (χ1v) is 10.6. The number of H-pyrrole nitrogens is 1. The van der Waals surface area contributed by atoms with Crippen LogP contribution in [0.2, 0.25) is 5.02 Å². The molecule has 0 saturated carbocycles. The minimum atomic E-state index is -3.67. The molecule has 2 aromatic carbocycles. The molecule has 6 nitrogen and oxygen atoms in total. The number of carbonyl (C=O) groups is 1. The van der Waals surface area contributed by atoms with Gasteiger partial charge in [0.25, 0.3) is 13.3 Å². The summed E-state index contributed by atoms with van der Waals surface area (Å²) in [6, 6.07) is 12.5. The van der Waals surface area contributed by atoms with Crippen molar-refractivity contribution in [2.24, 2.45) is 5.73 Å². The molecule has 144 valence electrons. The Morgan fingerprint density at radius 3 is 2.71 bits per heavy atom. The normalized spacial score (nSPS) is 13.2. The minimum Gasteiger partial charge on any atom is -0.364 e. The number of nitrogens with two attached hydrogens (primary N) is 1. The van der Waals surface area contributed by atoms with E-state index in [0.29, 0.717) is 34.1 Å². The molecule has 0 spiro atoms. The number of benzene rings is 2. The number of carbonyl (C=O) groups excluding carboxylic acids is 1. The number of aryl methyl sites for hydroxylation is 2. The van der Waals surface area contributed by atoms with Gasteiger partial charge in [-0.05, 0) is 49.2 Å². The molecule has 1 aromatic heterocycles. The zero-order chi connectivity index (χ0) is 20.5. The van der Waals surface area contributed by atoms with Crippen LogP contribution in [-0.4, -0.2) is 18.0 Å². The van der Waals surface area contributed by atoms with E-state index in [1.54, 1.807) is 30.3 Å². The number of hydrogen-bond donors (Lipinski definition) is 2. The molecule has 0 fully saturated rings. The summed E-state index contributed by atoms with van der Waals surface area (Å²) in [4.78, 5) is 15.0. The molecule has 28 heavy (non-hydrogen) atoms. The highest BCUT2D eigenvalue weighted by Gasteiger charge is 2.35. The number of rotatable bonds is 6. The van der Waals surface area contributed by atoms with Crippen molar-refractivity contribution in [2.45, 2.75) is 19.8 Å². The monoisotopic (exact) mass is 415 g/mol. The topological polar surface area (TPSA) is 109 Å². The largest absolute Gasteiger partial charge is 0.364 e. The van der Waals surface area contributed by atoms with Crippen LogP contribution >= 0.6 is 19.0 Å². The average Bonchev–Trinajstić information content (AvgIpc) is 3.04. The Bertz CT molecular complexity index is 1160. The lowest BCUT2D eigenvalue weighted by atomic mass is 10.1. The first kappa shape index (κ1) is 20.2. The Balaban J connectivity index is 2.31. The van der Waals surface area contributed by atoms with Gasteiger partial charge in [-0.3, -0.25) is 9.36 Å². The number of nitriles is 1. The predicted octanol–water partition coefficient (Wildman–Crippen LogP) is 3.56. The Morgan fingerprint density at radius 2 is 2.07 bits per heavy atom. The number of primary amides is 1. The summed E-state index contributed by atoms with van der Waals surface area (Å²) in [6.45, 7) is 1.88. The van der Waals surface area contributed by atoms with E-state index < -0.39 is 13.3 Å². The molecule has 0 bridgehead atoms. The van der Waals surface area contributed by atoms with Crippen molar-refractivity contribution in [1.82, 2.24) is 4.98 Å². The molecular weight excluding hydrogens is 397 g/mol. The van der Waals surface area contributed by atoms with Crippen molar-refractivity contribution in [3.05, 3.63) is 58.2 Å². The molecule has 1 unspecified atom stereocenters. The van der Waals surface area contributed by atoms with E-state index in [1.165, 1.54) is 7.11 Å². The summed E-state index contributed by atoms with van der Waals surface area (Å²) >= 11 is 6.14. The van der Waals surface area contributed by atoms with Crippen LogP contribution in [0.4, 0.5) is 0 Å². The molecule has 0 aliphatic heterocycles. The smallest absolute Gasteiger partial charge is 0.266 e. The van der Waals surface area contributed by atoms with E-state index in [9.17, 15) is 9.36 Å². The van der Waals surface area contributed by atoms with E-state index in [0.717, 1.165) is 11.1 Å². The van der Waals surface area contributed by atoms with Gasteiger partial charge in [0.2, 0.25) is 0 Å². The molecule has 1 amide bonds. The highest BCUT2D eigenvalue weighted by Crippen LogP contribution is 2.47. The molecule has 3 N–H and O–H groups in total. The van der Waals surface area contributed by atoms with E-state index in [4.69, 9.17) is 27.1 Å². The van der Waals surface area contributed by atoms with Crippen LogP contribution in [0.3, 0.4) is 0 Å². The molecule has 3 rings (SSSR count). The Morgan fingerprint density at radius 1 is 1.32 bits per heavy atom. The van der Waals surface area contributed by atoms with Crippen LogP contribution in [-0.2, 0) is 15.5 Å². The van der Waals surface area contributed by atoms with E-state index in [-0.39, 0.29) is 11.0 Å². The first-order valence-electron chi connectivity index (χ1n) is 8.55. The molecule has 8 heteroatoms. The zero-order valence-corrected chi connectivity index (χ0v) is 17.1. The molecule has 0 saturated heterocycles. The van der Waals surface area contributed by atoms with Crippen LogP contribution in [0.5, 0.6) is 0 Å². The lowest BCUT2D eigenvalue weighted by Gasteiger charge is -2.19. The quantitative estimate of drug-likeness (QED) is 0.600. The number of halogens is 1. The fourth-order valence-corrected chi connectivity index (χ4v) is 5.81. The van der Waals surface area contributed by atoms with Gasteiger partial charge in [-0.2, -0.15) is 5.26 Å². The summed E-state index contributed by atoms with van der Waals surface area (Å²) in [5.41, 5.74) is 7.92. The Hall–Kier alpha value is -2.58. The van der Waals surface area contributed by atoms with Gasteiger partial charge in [-0.1, -0.05) is 23.2 Å². The van der Waals surface area contributed by atoms with Crippen molar-refractivity contribution in [3.63, 3.8) is 0 Å². The maximum absolute atomic E-state index is 14.1. The lowest BCUT2D eigenvalue weighted by molar-refractivity contribution is 0.0997. The third-order valence-corrected chi connectivity index (χ3v) is 7.26. The van der Waals surface area contributed by atoms with Crippen molar-refractivity contribution in [2.75, 3.05) is 7.11 Å². The molecule has 0 aliphatic rings. The van der Waals surface area contributed by atoms with E-state index in [2.05, 4.69) is 11.1 Å². The third-order valence-electron chi connectivity index (χ3n) is 4.52. The van der Waals surface area contributed by atoms with Gasteiger partial charge in [0, 0.05) is 34.8 Å². The number of fused-ring (bicyclic) bond motifs is 1. The second kappa shape index (κ2) is 7.81. The fraction of sp³-hybridized carbons (Fsp3) is 0.200. The van der Waals surface area contributed by atoms with Gasteiger partial charge in [0.05, 0.1) is 11.4 Å². The van der Waals surface area contributed by atoms with E-state index >= 15 is 0 Å². The minimum absolute atomic E-state index is 0.0301. The van der Waals surface area contributed by atoms with Crippen LogP contribution in [0, 0.1) is 18.3 Å². The summed E-state index contributed by atoms with van der Waals surface area (Å²) < 4.78 is 19.7. The van der Waals surface area contributed by atoms with Crippen LogP contribution in [0.25, 0.3) is 10.9 Å². The van der Waals surface area contributed by atoms with Crippen molar-refractivity contribution < 1.29 is 13.9 Å². The van der Waals surface area contributed by atoms with Gasteiger partial charge >= 0.3 is 0 Å². The highest BCUT2D eigenvalue weighted by atomic mass is 35.5. The number of aromatic amines is 1. The van der Waals surface area contributed by atoms with Crippen molar-refractivity contribution in [1.29, 1.82) is 5.26 Å². The standard InChI is InChI=1S/C20H19ClN3O3P/c1-12-8-13(4-3-7-22)10-15(9-12)28(26,27-2)19-16-11-14(21)5-6-17(16)24-18(19)20(23)25/h5-6,8-11,24H,3-4H2,1-2H3,(H2,23,25). The highest BCUT2D eigenvalue weighted by molar-refractivity contribution is 7.75. The average molecular weight is 416 g/mol. The molecule has 0 aliphatic carbocycles. The number of nitrogens with one attached hydrogen (secondary N) is 1. The second-order valence-electron chi connectivity index (χ2n) is 6.47. The number of hydrogen-bond acceptors (Lipinski definition) is 4. The summed E-state index contributed by atoms with van der Waals surface area (Å²) in [5, 5.41) is 10.5. The molecular formula is C20H19ClN3O3P. The van der Waals surface area contributed by atoms with Gasteiger partial charge in [-0.15, -0.1) is 0 Å². The van der Waals surface area contributed by atoms with Gasteiger partial charge in [0.1, 0.15) is 5.69 Å². The first-order chi connectivity index (χ1) is 13.3. The number of amides is 1. The van der Waals surface area contributed by atoms with E-state index in [1.807, 2.05) is 13.0 Å². The number of nitrogens with zero attached hydrogens (tertiary/aromatic N) is 1. The fourth-order valence-electron chi connectivity index (χ4n) is 3.31. The Kier molecular flexibility index (Phi) is 5.62. The summed E-state index contributed by atoms with van der Waals surface area (Å²) in [6.07, 6.45) is 0.868. The number of aromatic nitrogens is 1. The third kappa shape index (κ3) is 3.57. The van der Waals surface area contributed by atoms with Crippen LogP contribution in [0.1, 0.15) is 28.0 Å². The van der Waals surface area contributed by atoms with Gasteiger partial charge in [0.15, 0.2) is 0 Å². The second-order valence-corrected chi connectivity index (χ2v) is 9.34. The molecule has 3 aromatic rings. The van der Waals surface area contributed by atoms with Crippen LogP contribution in [0.15, 0.2) is 36.4 Å². The van der Waals surface area contributed by atoms with Crippen molar-refractivity contribution in [3.8, 4) is 6.07 Å². The maximum Gasteiger partial charge on any atom is 0.266 e. The molecule has 0 radical (unpaired) electrons. The van der Waals surface area contributed by atoms with Crippen LogP contribution < -0.4 is 16.3 Å². The SMILES string of the molecule is COP(=O)(c1cc(C)cc(CCC#N)c1)c1c(C(N)=O)[nH]c2ccc(Cl)cc12. The molecule has 1 heterocycles. The zero-order valence-electron chi connectivity index (χ0n) is 15.5. The van der Waals surface area contributed by atoms with Gasteiger partial charge in [-0.25, -0.2) is 0 Å². The summed E-state index contributed by atoms with van der Waals surface area (Å²) in [5.74, 6) is -0.739. The molecule has 1 atom stereocenters. The summed E-state index contributed by atoms with van der Waals surface area (Å²) in [7, 11) is -2.33. The lowest BCUT2D eigenvalue weighted by Crippen LogP contribution is -2.26. The maximum atomic E-state index is 14.1. The Labute approximate surface area is 167 Å². The van der Waals surface area contributed by atoms with Crippen molar-refractivity contribution >= 4 is 46.4 Å². The van der Waals surface area contributed by atoms with Gasteiger partial charge < -0.3 is 15.2 Å².